The fourth-order valence-electron chi connectivity index (χ4n) is 3.01. The molecule has 92 valence electrons. The molecule has 2 unspecified atom stereocenters. The third-order valence-electron chi connectivity index (χ3n) is 3.72. The van der Waals surface area contributed by atoms with Crippen LogP contribution >= 0.6 is 38.9 Å². The predicted octanol–water partition coefficient (Wildman–Crippen LogP) is 3.89. The molecule has 1 amide bonds. The van der Waals surface area contributed by atoms with E-state index < -0.39 is 0 Å². The van der Waals surface area contributed by atoms with E-state index in [1.54, 1.807) is 0 Å². The monoisotopic (exact) mass is 333 g/mol. The summed E-state index contributed by atoms with van der Waals surface area (Å²) >= 11 is 11.2. The molecule has 3 rings (SSSR count). The summed E-state index contributed by atoms with van der Waals surface area (Å²) in [6.07, 6.45) is 4.13. The molecule has 2 bridgehead atoms. The van der Waals surface area contributed by atoms with Crippen LogP contribution in [0.3, 0.4) is 0 Å². The number of alkyl halides is 1. The largest absolute Gasteiger partial charge is 0.332 e. The van der Waals surface area contributed by atoms with Crippen molar-refractivity contribution >= 4 is 44.8 Å². The molecule has 5 heteroatoms. The molecule has 1 aromatic rings. The topological polar surface area (TPSA) is 20.3 Å². The molecule has 17 heavy (non-hydrogen) atoms. The van der Waals surface area contributed by atoms with Crippen LogP contribution in [0.25, 0.3) is 0 Å². The number of fused-ring (bicyclic) bond motifs is 2. The Balaban J connectivity index is 1.86. The molecular weight excluding hydrogens is 322 g/mol. The smallest absolute Gasteiger partial charge is 0.265 e. The average Bonchev–Trinajstić information content (AvgIpc) is 2.81. The van der Waals surface area contributed by atoms with Crippen molar-refractivity contribution in [2.24, 2.45) is 0 Å². The number of nitrogens with zero attached hydrogens (tertiary/aromatic N) is 1. The van der Waals surface area contributed by atoms with Gasteiger partial charge in [-0.05, 0) is 53.1 Å². The van der Waals surface area contributed by atoms with Crippen LogP contribution in [0.2, 0.25) is 0 Å². The maximum atomic E-state index is 12.5. The van der Waals surface area contributed by atoms with Gasteiger partial charge in [-0.2, -0.15) is 0 Å². The molecule has 2 aliphatic heterocycles. The summed E-state index contributed by atoms with van der Waals surface area (Å²) in [4.78, 5) is 15.4. The van der Waals surface area contributed by atoms with Gasteiger partial charge >= 0.3 is 0 Å². The summed E-state index contributed by atoms with van der Waals surface area (Å²) in [5, 5.41) is 2.20. The Labute approximate surface area is 118 Å². The highest BCUT2D eigenvalue weighted by atomic mass is 79.9. The van der Waals surface area contributed by atoms with E-state index in [1.165, 1.54) is 11.3 Å². The van der Waals surface area contributed by atoms with Gasteiger partial charge in [0.15, 0.2) is 0 Å². The molecular formula is C12H13BrClNOS. The Hall–Kier alpha value is -0.0600. The van der Waals surface area contributed by atoms with Crippen LogP contribution in [0.5, 0.6) is 0 Å². The van der Waals surface area contributed by atoms with Gasteiger partial charge < -0.3 is 4.90 Å². The van der Waals surface area contributed by atoms with Crippen LogP contribution in [0.4, 0.5) is 0 Å². The second-order valence-electron chi connectivity index (χ2n) is 4.76. The first-order chi connectivity index (χ1) is 8.16. The zero-order chi connectivity index (χ0) is 12.0. The first kappa shape index (κ1) is 12.0. The molecule has 0 spiro atoms. The van der Waals surface area contributed by atoms with Crippen LogP contribution in [-0.4, -0.2) is 28.3 Å². The Morgan fingerprint density at radius 3 is 2.59 bits per heavy atom. The van der Waals surface area contributed by atoms with Gasteiger partial charge in [0.25, 0.3) is 5.91 Å². The number of halogens is 2. The van der Waals surface area contributed by atoms with Crippen molar-refractivity contribution in [1.82, 2.24) is 4.90 Å². The summed E-state index contributed by atoms with van der Waals surface area (Å²) in [5.74, 6) is 0.183. The lowest BCUT2D eigenvalue weighted by molar-refractivity contribution is 0.0604. The molecule has 0 N–H and O–H groups in total. The molecule has 3 heterocycles. The highest BCUT2D eigenvalue weighted by molar-refractivity contribution is 9.10. The minimum atomic E-state index is 0.183. The van der Waals surface area contributed by atoms with E-state index in [9.17, 15) is 4.79 Å². The van der Waals surface area contributed by atoms with Crippen molar-refractivity contribution in [2.75, 3.05) is 0 Å². The lowest BCUT2D eigenvalue weighted by Gasteiger charge is -2.36. The highest BCUT2D eigenvalue weighted by Gasteiger charge is 2.43. The van der Waals surface area contributed by atoms with Gasteiger partial charge in [-0.15, -0.1) is 22.9 Å². The van der Waals surface area contributed by atoms with Gasteiger partial charge in [-0.25, -0.2) is 0 Å². The second-order valence-corrected chi connectivity index (χ2v) is 7.15. The SMILES string of the molecule is O=C(c1sccc1Br)N1C2CCC1CC(Cl)C2. The van der Waals surface area contributed by atoms with Gasteiger partial charge in [-0.3, -0.25) is 4.79 Å². The fraction of sp³-hybridized carbons (Fsp3) is 0.583. The van der Waals surface area contributed by atoms with Crippen molar-refractivity contribution in [1.29, 1.82) is 0 Å². The number of amides is 1. The Morgan fingerprint density at radius 1 is 1.41 bits per heavy atom. The summed E-state index contributed by atoms with van der Waals surface area (Å²) in [6.45, 7) is 0. The first-order valence-electron chi connectivity index (χ1n) is 5.86. The van der Waals surface area contributed by atoms with Crippen LogP contribution < -0.4 is 0 Å². The zero-order valence-corrected chi connectivity index (χ0v) is 12.4. The Morgan fingerprint density at radius 2 is 2.06 bits per heavy atom. The number of hydrogen-bond donors (Lipinski definition) is 0. The number of carbonyl (C=O) groups excluding carboxylic acids is 1. The third kappa shape index (κ3) is 2.04. The average molecular weight is 335 g/mol. The normalized spacial score (nSPS) is 31.9. The zero-order valence-electron chi connectivity index (χ0n) is 9.23. The van der Waals surface area contributed by atoms with Crippen molar-refractivity contribution in [3.63, 3.8) is 0 Å². The molecule has 0 saturated carbocycles. The number of rotatable bonds is 1. The van der Waals surface area contributed by atoms with Gasteiger partial charge in [0.1, 0.15) is 4.88 Å². The molecule has 0 radical (unpaired) electrons. The fourth-order valence-corrected chi connectivity index (χ4v) is 4.90. The van der Waals surface area contributed by atoms with Crippen molar-refractivity contribution in [3.8, 4) is 0 Å². The summed E-state index contributed by atoms with van der Waals surface area (Å²) < 4.78 is 0.917. The number of hydrogen-bond acceptors (Lipinski definition) is 2. The quantitative estimate of drug-likeness (QED) is 0.714. The standard InChI is InChI=1S/C12H13BrClNOS/c13-10-3-4-17-11(10)12(16)15-8-1-2-9(15)6-7(14)5-8/h3-4,7-9H,1-2,5-6H2. The van der Waals surface area contributed by atoms with E-state index in [-0.39, 0.29) is 11.3 Å². The van der Waals surface area contributed by atoms with E-state index in [0.717, 1.165) is 35.0 Å². The van der Waals surface area contributed by atoms with Crippen LogP contribution in [0.1, 0.15) is 35.4 Å². The van der Waals surface area contributed by atoms with E-state index >= 15 is 0 Å². The van der Waals surface area contributed by atoms with Crippen LogP contribution in [0, 0.1) is 0 Å². The number of carbonyl (C=O) groups is 1. The van der Waals surface area contributed by atoms with Crippen molar-refractivity contribution in [3.05, 3.63) is 20.8 Å². The van der Waals surface area contributed by atoms with Gasteiger partial charge in [-0.1, -0.05) is 0 Å². The maximum Gasteiger partial charge on any atom is 0.265 e. The minimum absolute atomic E-state index is 0.183. The lowest BCUT2D eigenvalue weighted by atomic mass is 10.0. The van der Waals surface area contributed by atoms with Crippen LogP contribution in [-0.2, 0) is 0 Å². The van der Waals surface area contributed by atoms with E-state index in [2.05, 4.69) is 20.8 Å². The Kier molecular flexibility index (Phi) is 3.22. The molecule has 2 saturated heterocycles. The van der Waals surface area contributed by atoms with Gasteiger partial charge in [0.05, 0.1) is 0 Å². The second kappa shape index (κ2) is 4.56. The van der Waals surface area contributed by atoms with Crippen LogP contribution in [0.15, 0.2) is 15.9 Å². The first-order valence-corrected chi connectivity index (χ1v) is 7.97. The maximum absolute atomic E-state index is 12.5. The van der Waals surface area contributed by atoms with E-state index in [0.29, 0.717) is 12.1 Å². The number of thiophene rings is 1. The van der Waals surface area contributed by atoms with Crippen molar-refractivity contribution < 1.29 is 4.79 Å². The molecule has 1 aromatic heterocycles. The highest BCUT2D eigenvalue weighted by Crippen LogP contribution is 2.39. The molecule has 0 aliphatic carbocycles. The minimum Gasteiger partial charge on any atom is -0.332 e. The van der Waals surface area contributed by atoms with E-state index in [1.807, 2.05) is 11.4 Å². The summed E-state index contributed by atoms with van der Waals surface area (Å²) in [6, 6.07) is 2.66. The Bertz CT molecular complexity index is 435. The predicted molar refractivity (Wildman–Crippen MR) is 73.9 cm³/mol. The summed E-state index contributed by atoms with van der Waals surface area (Å²) in [5.41, 5.74) is 0. The van der Waals surface area contributed by atoms with Crippen molar-refractivity contribution in [2.45, 2.75) is 43.1 Å². The molecule has 2 fully saturated rings. The van der Waals surface area contributed by atoms with Gasteiger partial charge in [0.2, 0.25) is 0 Å². The van der Waals surface area contributed by atoms with Gasteiger partial charge in [0, 0.05) is 21.9 Å². The molecule has 2 atom stereocenters. The molecule has 2 aliphatic rings. The third-order valence-corrected chi connectivity index (χ3v) is 5.90. The lowest BCUT2D eigenvalue weighted by Crippen LogP contribution is -2.46. The molecule has 0 aromatic carbocycles. The summed E-state index contributed by atoms with van der Waals surface area (Å²) in [7, 11) is 0. The van der Waals surface area contributed by atoms with E-state index in [4.69, 9.17) is 11.6 Å². The number of piperidine rings is 1. The molecule has 2 nitrogen and oxygen atoms in total.